The van der Waals surface area contributed by atoms with Crippen molar-refractivity contribution in [3.63, 3.8) is 0 Å². The molecule has 1 unspecified atom stereocenters. The summed E-state index contributed by atoms with van der Waals surface area (Å²) in [4.78, 5) is 12.2. The molecule has 0 saturated heterocycles. The van der Waals surface area contributed by atoms with Crippen molar-refractivity contribution in [2.75, 3.05) is 0 Å². The van der Waals surface area contributed by atoms with Crippen molar-refractivity contribution < 1.29 is 4.79 Å². The molecule has 0 N–H and O–H groups in total. The van der Waals surface area contributed by atoms with Gasteiger partial charge in [-0.1, -0.05) is 74.6 Å². The van der Waals surface area contributed by atoms with Gasteiger partial charge in [0.15, 0.2) is 5.78 Å². The lowest BCUT2D eigenvalue weighted by atomic mass is 9.76. The quantitative estimate of drug-likeness (QED) is 0.481. The lowest BCUT2D eigenvalue weighted by Gasteiger charge is -2.29. The molecule has 0 bridgehead atoms. The second-order valence-electron chi connectivity index (χ2n) is 6.10. The van der Waals surface area contributed by atoms with Crippen molar-refractivity contribution in [1.82, 2.24) is 0 Å². The Morgan fingerprint density at radius 3 is 2.57 bits per heavy atom. The molecule has 0 aromatic heterocycles. The number of carbonyl (C=O) groups excluding carboxylic acids is 1. The summed E-state index contributed by atoms with van der Waals surface area (Å²) in [5.74, 6) is 1.44. The van der Waals surface area contributed by atoms with Gasteiger partial charge in [-0.05, 0) is 29.9 Å². The lowest BCUT2D eigenvalue weighted by molar-refractivity contribution is -0.115. The molecule has 0 heterocycles. The van der Waals surface area contributed by atoms with E-state index < -0.39 is 0 Å². The van der Waals surface area contributed by atoms with Gasteiger partial charge in [0.1, 0.15) is 0 Å². The molecule has 21 heavy (non-hydrogen) atoms. The van der Waals surface area contributed by atoms with Crippen LogP contribution >= 0.6 is 0 Å². The molecule has 1 fully saturated rings. The van der Waals surface area contributed by atoms with Crippen LogP contribution in [0.15, 0.2) is 49.1 Å². The number of rotatable bonds is 7. The van der Waals surface area contributed by atoms with E-state index in [1.807, 2.05) is 42.5 Å². The fourth-order valence-corrected chi connectivity index (χ4v) is 3.34. The largest absolute Gasteiger partial charge is 0.295 e. The number of hydrogen-bond acceptors (Lipinski definition) is 1. The molecule has 1 heteroatoms. The summed E-state index contributed by atoms with van der Waals surface area (Å²) >= 11 is 0. The van der Waals surface area contributed by atoms with Crippen LogP contribution in [0.1, 0.15) is 50.5 Å². The van der Waals surface area contributed by atoms with Gasteiger partial charge in [0.2, 0.25) is 0 Å². The normalized spacial score (nSPS) is 17.7. The van der Waals surface area contributed by atoms with Gasteiger partial charge in [-0.25, -0.2) is 0 Å². The molecule has 2 rings (SSSR count). The molecule has 112 valence electrons. The van der Waals surface area contributed by atoms with E-state index in [0.717, 1.165) is 12.0 Å². The fraction of sp³-hybridized carbons (Fsp3) is 0.450. The van der Waals surface area contributed by atoms with Crippen LogP contribution in [0.4, 0.5) is 0 Å². The van der Waals surface area contributed by atoms with Crippen LogP contribution < -0.4 is 0 Å². The van der Waals surface area contributed by atoms with E-state index in [0.29, 0.717) is 18.3 Å². The van der Waals surface area contributed by atoms with Crippen molar-refractivity contribution in [2.45, 2.75) is 44.9 Å². The maximum absolute atomic E-state index is 12.2. The van der Waals surface area contributed by atoms with E-state index in [4.69, 9.17) is 0 Å². The van der Waals surface area contributed by atoms with Crippen molar-refractivity contribution in [1.29, 1.82) is 0 Å². The third kappa shape index (κ3) is 5.34. The van der Waals surface area contributed by atoms with Crippen LogP contribution in [0, 0.1) is 11.8 Å². The SMILES string of the molecule is C=CCC(CC(=O)/C=C/c1ccccc1)C1CCCCC1. The molecule has 1 nitrogen and oxygen atoms in total. The Morgan fingerprint density at radius 2 is 1.90 bits per heavy atom. The molecule has 1 atom stereocenters. The number of carbonyl (C=O) groups is 1. The van der Waals surface area contributed by atoms with Crippen LogP contribution in [0.3, 0.4) is 0 Å². The van der Waals surface area contributed by atoms with Crippen LogP contribution in [0.2, 0.25) is 0 Å². The number of ketones is 1. The smallest absolute Gasteiger partial charge is 0.156 e. The first kappa shape index (κ1) is 15.8. The molecule has 0 spiro atoms. The van der Waals surface area contributed by atoms with Gasteiger partial charge in [-0.15, -0.1) is 6.58 Å². The summed E-state index contributed by atoms with van der Waals surface area (Å²) in [5, 5.41) is 0. The molecular weight excluding hydrogens is 256 g/mol. The van der Waals surface area contributed by atoms with Gasteiger partial charge >= 0.3 is 0 Å². The molecule has 0 amide bonds. The van der Waals surface area contributed by atoms with Gasteiger partial charge in [0.05, 0.1) is 0 Å². The van der Waals surface area contributed by atoms with Gasteiger partial charge in [0.25, 0.3) is 0 Å². The van der Waals surface area contributed by atoms with Gasteiger partial charge < -0.3 is 0 Å². The highest BCUT2D eigenvalue weighted by Gasteiger charge is 2.23. The third-order valence-corrected chi connectivity index (χ3v) is 4.51. The lowest BCUT2D eigenvalue weighted by Crippen LogP contribution is -2.20. The Balaban J connectivity index is 1.91. The van der Waals surface area contributed by atoms with Crippen molar-refractivity contribution in [2.24, 2.45) is 11.8 Å². The zero-order chi connectivity index (χ0) is 14.9. The molecule has 0 aliphatic heterocycles. The van der Waals surface area contributed by atoms with Crippen LogP contribution in [-0.2, 0) is 4.79 Å². The second-order valence-corrected chi connectivity index (χ2v) is 6.10. The molecular formula is C20H26O. The topological polar surface area (TPSA) is 17.1 Å². The van der Waals surface area contributed by atoms with Crippen LogP contribution in [-0.4, -0.2) is 5.78 Å². The minimum Gasteiger partial charge on any atom is -0.295 e. The van der Waals surface area contributed by atoms with E-state index in [2.05, 4.69) is 6.58 Å². The molecule has 1 aliphatic carbocycles. The summed E-state index contributed by atoms with van der Waals surface area (Å²) in [6.07, 6.45) is 13.9. The zero-order valence-corrected chi connectivity index (χ0v) is 12.8. The maximum atomic E-state index is 12.2. The fourth-order valence-electron chi connectivity index (χ4n) is 3.34. The van der Waals surface area contributed by atoms with Gasteiger partial charge in [-0.2, -0.15) is 0 Å². The summed E-state index contributed by atoms with van der Waals surface area (Å²) in [6.45, 7) is 3.87. The first-order chi connectivity index (χ1) is 10.3. The average molecular weight is 282 g/mol. The Morgan fingerprint density at radius 1 is 1.19 bits per heavy atom. The summed E-state index contributed by atoms with van der Waals surface area (Å²) in [6, 6.07) is 10.0. The zero-order valence-electron chi connectivity index (χ0n) is 12.8. The highest BCUT2D eigenvalue weighted by molar-refractivity contribution is 5.93. The summed E-state index contributed by atoms with van der Waals surface area (Å²) in [5.41, 5.74) is 1.09. The van der Waals surface area contributed by atoms with E-state index in [1.165, 1.54) is 32.1 Å². The molecule has 1 aliphatic rings. The van der Waals surface area contributed by atoms with Gasteiger partial charge in [0, 0.05) is 6.42 Å². The van der Waals surface area contributed by atoms with E-state index in [-0.39, 0.29) is 5.78 Å². The Kier molecular flexibility index (Phi) is 6.46. The van der Waals surface area contributed by atoms with Crippen LogP contribution in [0.5, 0.6) is 0 Å². The van der Waals surface area contributed by atoms with E-state index >= 15 is 0 Å². The predicted octanol–water partition coefficient (Wildman–Crippen LogP) is 5.43. The minimum absolute atomic E-state index is 0.247. The van der Waals surface area contributed by atoms with E-state index in [9.17, 15) is 4.79 Å². The third-order valence-electron chi connectivity index (χ3n) is 4.51. The first-order valence-electron chi connectivity index (χ1n) is 8.16. The second kappa shape index (κ2) is 8.61. The maximum Gasteiger partial charge on any atom is 0.156 e. The Labute approximate surface area is 128 Å². The summed E-state index contributed by atoms with van der Waals surface area (Å²) in [7, 11) is 0. The minimum atomic E-state index is 0.247. The van der Waals surface area contributed by atoms with Gasteiger partial charge in [-0.3, -0.25) is 4.79 Å². The highest BCUT2D eigenvalue weighted by Crippen LogP contribution is 2.34. The van der Waals surface area contributed by atoms with Crippen molar-refractivity contribution in [3.8, 4) is 0 Å². The number of allylic oxidation sites excluding steroid dienone is 2. The van der Waals surface area contributed by atoms with Crippen LogP contribution in [0.25, 0.3) is 6.08 Å². The standard InChI is InChI=1S/C20H26O/c1-2-9-19(18-12-7-4-8-13-18)16-20(21)15-14-17-10-5-3-6-11-17/h2-3,5-6,10-11,14-15,18-19H,1,4,7-9,12-13,16H2/b15-14+. The highest BCUT2D eigenvalue weighted by atomic mass is 16.1. The molecule has 0 radical (unpaired) electrons. The monoisotopic (exact) mass is 282 g/mol. The molecule has 1 aromatic rings. The number of benzene rings is 1. The Bertz CT molecular complexity index is 466. The average Bonchev–Trinajstić information content (AvgIpc) is 2.54. The molecule has 1 saturated carbocycles. The number of hydrogen-bond donors (Lipinski definition) is 0. The van der Waals surface area contributed by atoms with Crippen molar-refractivity contribution >= 4 is 11.9 Å². The van der Waals surface area contributed by atoms with Crippen molar-refractivity contribution in [3.05, 3.63) is 54.6 Å². The first-order valence-corrected chi connectivity index (χ1v) is 8.16. The predicted molar refractivity (Wildman–Crippen MR) is 90.0 cm³/mol. The summed E-state index contributed by atoms with van der Waals surface area (Å²) < 4.78 is 0. The van der Waals surface area contributed by atoms with E-state index in [1.54, 1.807) is 6.08 Å². The Hall–Kier alpha value is -1.63. The molecule has 1 aromatic carbocycles.